The van der Waals surface area contributed by atoms with Gasteiger partial charge >= 0.3 is 0 Å². The third kappa shape index (κ3) is 3.74. The van der Waals surface area contributed by atoms with Crippen molar-refractivity contribution in [3.05, 3.63) is 64.7 Å². The molecule has 0 bridgehead atoms. The number of halogens is 2. The molecule has 2 aromatic rings. The summed E-state index contributed by atoms with van der Waals surface area (Å²) in [7, 11) is 0. The van der Waals surface area contributed by atoms with Crippen molar-refractivity contribution in [3.63, 3.8) is 0 Å². The lowest BCUT2D eigenvalue weighted by Gasteiger charge is -2.21. The fourth-order valence-electron chi connectivity index (χ4n) is 3.03. The number of carbonyl (C=O) groups is 1. The minimum Gasteiger partial charge on any atom is -0.349 e. The van der Waals surface area contributed by atoms with Gasteiger partial charge in [0, 0.05) is 30.9 Å². The van der Waals surface area contributed by atoms with E-state index in [0.717, 1.165) is 11.3 Å². The highest BCUT2D eigenvalue weighted by molar-refractivity contribution is 6.30. The van der Waals surface area contributed by atoms with Crippen molar-refractivity contribution in [2.75, 3.05) is 13.1 Å². The molecule has 1 aromatic heterocycles. The molecule has 3 atom stereocenters. The lowest BCUT2D eigenvalue weighted by Crippen LogP contribution is -2.36. The number of aromatic nitrogens is 1. The van der Waals surface area contributed by atoms with Crippen LogP contribution in [0.25, 0.3) is 0 Å². The van der Waals surface area contributed by atoms with Gasteiger partial charge in [0.1, 0.15) is 5.82 Å². The third-order valence-electron chi connectivity index (χ3n) is 4.41. The van der Waals surface area contributed by atoms with E-state index in [9.17, 15) is 9.18 Å². The first kappa shape index (κ1) is 16.9. The highest BCUT2D eigenvalue weighted by atomic mass is 35.5. The highest BCUT2D eigenvalue weighted by Crippen LogP contribution is 2.28. The third-order valence-corrected chi connectivity index (χ3v) is 4.63. The molecule has 126 valence electrons. The van der Waals surface area contributed by atoms with E-state index in [0.29, 0.717) is 18.1 Å². The topological polar surface area (TPSA) is 54.0 Å². The first-order valence-electron chi connectivity index (χ1n) is 7.92. The Morgan fingerprint density at radius 1 is 1.29 bits per heavy atom. The summed E-state index contributed by atoms with van der Waals surface area (Å²) in [5.41, 5.74) is 1.73. The maximum Gasteiger partial charge on any atom is 0.225 e. The Morgan fingerprint density at radius 3 is 2.71 bits per heavy atom. The molecule has 0 radical (unpaired) electrons. The minimum atomic E-state index is -0.286. The Kier molecular flexibility index (Phi) is 5.11. The standard InChI is InChI=1S/C18H19ClFN3O/c1-11(12-2-5-14(20)6-3-12)23-18(24)16-10-21-9-15(16)17-7-4-13(19)8-22-17/h2-8,11,15-16,21H,9-10H2,1H3,(H,23,24)/t11-,15+,16+/m0/s1. The summed E-state index contributed by atoms with van der Waals surface area (Å²) in [6.07, 6.45) is 1.60. The van der Waals surface area contributed by atoms with Gasteiger partial charge in [0.15, 0.2) is 0 Å². The summed E-state index contributed by atoms with van der Waals surface area (Å²) >= 11 is 5.88. The van der Waals surface area contributed by atoms with Gasteiger partial charge in [0.05, 0.1) is 17.0 Å². The van der Waals surface area contributed by atoms with Crippen LogP contribution in [0.2, 0.25) is 5.02 Å². The normalized spacial score (nSPS) is 21.5. The van der Waals surface area contributed by atoms with Gasteiger partial charge in [-0.15, -0.1) is 0 Å². The van der Waals surface area contributed by atoms with Crippen molar-refractivity contribution < 1.29 is 9.18 Å². The van der Waals surface area contributed by atoms with Gasteiger partial charge in [-0.2, -0.15) is 0 Å². The Balaban J connectivity index is 1.69. The van der Waals surface area contributed by atoms with Crippen molar-refractivity contribution in [1.29, 1.82) is 0 Å². The molecule has 4 nitrogen and oxygen atoms in total. The van der Waals surface area contributed by atoms with Crippen molar-refractivity contribution >= 4 is 17.5 Å². The van der Waals surface area contributed by atoms with Crippen LogP contribution in [0.5, 0.6) is 0 Å². The van der Waals surface area contributed by atoms with E-state index < -0.39 is 0 Å². The fourth-order valence-corrected chi connectivity index (χ4v) is 3.14. The van der Waals surface area contributed by atoms with E-state index in [-0.39, 0.29) is 29.6 Å². The SMILES string of the molecule is C[C@H](NC(=O)[C@@H]1CNC[C@H]1c1ccc(Cl)cn1)c1ccc(F)cc1. The van der Waals surface area contributed by atoms with Gasteiger partial charge in [-0.1, -0.05) is 23.7 Å². The first-order valence-corrected chi connectivity index (χ1v) is 8.30. The summed E-state index contributed by atoms with van der Waals surface area (Å²) in [5, 5.41) is 6.85. The molecule has 0 spiro atoms. The second-order valence-electron chi connectivity index (χ2n) is 6.05. The van der Waals surface area contributed by atoms with E-state index >= 15 is 0 Å². The molecule has 1 saturated heterocycles. The van der Waals surface area contributed by atoms with Crippen molar-refractivity contribution in [2.45, 2.75) is 18.9 Å². The van der Waals surface area contributed by atoms with E-state index in [1.54, 1.807) is 24.4 Å². The van der Waals surface area contributed by atoms with Crippen LogP contribution >= 0.6 is 11.6 Å². The first-order chi connectivity index (χ1) is 11.5. The Labute approximate surface area is 145 Å². The van der Waals surface area contributed by atoms with Gasteiger partial charge in [-0.05, 0) is 36.8 Å². The molecule has 1 amide bonds. The molecule has 1 aromatic carbocycles. The maximum atomic E-state index is 13.0. The van der Waals surface area contributed by atoms with Crippen molar-refractivity contribution in [1.82, 2.24) is 15.6 Å². The predicted octanol–water partition coefficient (Wildman–Crippen LogP) is 3.05. The van der Waals surface area contributed by atoms with Gasteiger partial charge in [-0.25, -0.2) is 4.39 Å². The molecular weight excluding hydrogens is 329 g/mol. The molecule has 0 saturated carbocycles. The maximum absolute atomic E-state index is 13.0. The summed E-state index contributed by atoms with van der Waals surface area (Å²) < 4.78 is 13.0. The number of nitrogens with zero attached hydrogens (tertiary/aromatic N) is 1. The number of nitrogens with one attached hydrogen (secondary N) is 2. The van der Waals surface area contributed by atoms with E-state index in [2.05, 4.69) is 15.6 Å². The summed E-state index contributed by atoms with van der Waals surface area (Å²) in [5.74, 6) is -0.492. The fraction of sp³-hybridized carbons (Fsp3) is 0.333. The zero-order valence-electron chi connectivity index (χ0n) is 13.3. The van der Waals surface area contributed by atoms with Crippen LogP contribution in [-0.2, 0) is 4.79 Å². The van der Waals surface area contributed by atoms with Crippen LogP contribution in [0.1, 0.15) is 30.1 Å². The predicted molar refractivity (Wildman–Crippen MR) is 91.3 cm³/mol. The molecule has 0 unspecified atom stereocenters. The van der Waals surface area contributed by atoms with Gasteiger partial charge < -0.3 is 10.6 Å². The van der Waals surface area contributed by atoms with Crippen molar-refractivity contribution in [3.8, 4) is 0 Å². The van der Waals surface area contributed by atoms with Crippen LogP contribution < -0.4 is 10.6 Å². The van der Waals surface area contributed by atoms with Gasteiger partial charge in [0.25, 0.3) is 0 Å². The molecule has 3 rings (SSSR count). The molecule has 1 aliphatic heterocycles. The number of benzene rings is 1. The smallest absolute Gasteiger partial charge is 0.225 e. The molecule has 6 heteroatoms. The Hall–Kier alpha value is -1.98. The van der Waals surface area contributed by atoms with Crippen molar-refractivity contribution in [2.24, 2.45) is 5.92 Å². The van der Waals surface area contributed by atoms with Crippen LogP contribution in [0.15, 0.2) is 42.6 Å². The summed E-state index contributed by atoms with van der Waals surface area (Å²) in [4.78, 5) is 17.0. The largest absolute Gasteiger partial charge is 0.349 e. The minimum absolute atomic E-state index is 0.0164. The molecule has 0 aliphatic carbocycles. The molecule has 24 heavy (non-hydrogen) atoms. The van der Waals surface area contributed by atoms with Crippen LogP contribution in [0.3, 0.4) is 0 Å². The second kappa shape index (κ2) is 7.28. The Morgan fingerprint density at radius 2 is 2.04 bits per heavy atom. The molecule has 2 heterocycles. The van der Waals surface area contributed by atoms with Gasteiger partial charge in [-0.3, -0.25) is 9.78 Å². The van der Waals surface area contributed by atoms with E-state index in [1.807, 2.05) is 13.0 Å². The van der Waals surface area contributed by atoms with Crippen LogP contribution in [0, 0.1) is 11.7 Å². The number of hydrogen-bond donors (Lipinski definition) is 2. The number of rotatable bonds is 4. The number of amides is 1. The molecule has 1 fully saturated rings. The second-order valence-corrected chi connectivity index (χ2v) is 6.49. The molecule has 1 aliphatic rings. The Bertz CT molecular complexity index is 705. The summed E-state index contributed by atoms with van der Waals surface area (Å²) in [6.45, 7) is 3.21. The lowest BCUT2D eigenvalue weighted by molar-refractivity contribution is -0.125. The monoisotopic (exact) mass is 347 g/mol. The highest BCUT2D eigenvalue weighted by Gasteiger charge is 2.35. The number of carbonyl (C=O) groups excluding carboxylic acids is 1. The number of pyridine rings is 1. The van der Waals surface area contributed by atoms with E-state index in [1.165, 1.54) is 12.1 Å². The van der Waals surface area contributed by atoms with Crippen LogP contribution in [0.4, 0.5) is 4.39 Å². The summed E-state index contributed by atoms with van der Waals surface area (Å²) in [6, 6.07) is 9.64. The number of hydrogen-bond acceptors (Lipinski definition) is 3. The van der Waals surface area contributed by atoms with E-state index in [4.69, 9.17) is 11.6 Å². The quantitative estimate of drug-likeness (QED) is 0.893. The average Bonchev–Trinajstić information content (AvgIpc) is 3.06. The zero-order valence-corrected chi connectivity index (χ0v) is 14.1. The average molecular weight is 348 g/mol. The van der Waals surface area contributed by atoms with Crippen LogP contribution in [-0.4, -0.2) is 24.0 Å². The molecule has 2 N–H and O–H groups in total. The molecular formula is C18H19ClFN3O. The lowest BCUT2D eigenvalue weighted by atomic mass is 9.91. The zero-order chi connectivity index (χ0) is 17.1. The van der Waals surface area contributed by atoms with Gasteiger partial charge in [0.2, 0.25) is 5.91 Å².